The molecule has 0 amide bonds. The van der Waals surface area contributed by atoms with Crippen LogP contribution in [-0.4, -0.2) is 40.7 Å². The Morgan fingerprint density at radius 3 is 2.12 bits per heavy atom. The standard InChI is InChI=1S/C33H41F3N4O2/c1-5-7-9-11-13-41-26-15-22(3)32(30(19-26)42-14-12-10-8-6-2)24-17-27(25-16-23(4)37-21-25)38-28(18-24)29-20-31(40-39-29)33(34,35)36/h15-20H,5-14,21H2,1-4H3,(H,39,40). The van der Waals surface area contributed by atoms with Crippen LogP contribution in [-0.2, 0) is 6.18 Å². The molecule has 0 unspecified atom stereocenters. The first-order valence-corrected chi connectivity index (χ1v) is 15.0. The molecule has 2 aromatic heterocycles. The minimum Gasteiger partial charge on any atom is -0.493 e. The molecule has 0 spiro atoms. The van der Waals surface area contributed by atoms with Gasteiger partial charge in [-0.2, -0.15) is 18.3 Å². The SMILES string of the molecule is CCCCCCOc1cc(C)c(-c2cc(C3=CC(C)=NC3)nc(-c3cc(C(F)(F)F)[nH]n3)c2)c(OCCCCCC)c1. The molecule has 42 heavy (non-hydrogen) atoms. The summed E-state index contributed by atoms with van der Waals surface area (Å²) in [5, 5.41) is 6.07. The van der Waals surface area contributed by atoms with E-state index in [1.54, 1.807) is 6.07 Å². The summed E-state index contributed by atoms with van der Waals surface area (Å²) >= 11 is 0. The van der Waals surface area contributed by atoms with E-state index in [1.807, 2.05) is 38.1 Å². The third-order valence-corrected chi connectivity index (χ3v) is 7.27. The summed E-state index contributed by atoms with van der Waals surface area (Å²) in [5.41, 5.74) is 4.54. The van der Waals surface area contributed by atoms with Crippen molar-refractivity contribution in [3.05, 3.63) is 53.4 Å². The number of ether oxygens (including phenoxy) is 2. The lowest BCUT2D eigenvalue weighted by molar-refractivity contribution is -0.141. The normalized spacial score (nSPS) is 13.3. The molecule has 6 nitrogen and oxygen atoms in total. The van der Waals surface area contributed by atoms with Gasteiger partial charge in [-0.25, -0.2) is 4.98 Å². The van der Waals surface area contributed by atoms with Crippen molar-refractivity contribution in [2.24, 2.45) is 4.99 Å². The minimum atomic E-state index is -4.54. The first-order chi connectivity index (χ1) is 20.2. The van der Waals surface area contributed by atoms with Crippen molar-refractivity contribution in [2.45, 2.75) is 85.2 Å². The molecule has 0 saturated carbocycles. The van der Waals surface area contributed by atoms with Crippen molar-refractivity contribution < 1.29 is 22.6 Å². The van der Waals surface area contributed by atoms with Gasteiger partial charge in [0.2, 0.25) is 0 Å². The second-order valence-electron chi connectivity index (χ2n) is 10.8. The number of aryl methyl sites for hydroxylation is 1. The van der Waals surface area contributed by atoms with Crippen molar-refractivity contribution in [1.82, 2.24) is 15.2 Å². The van der Waals surface area contributed by atoms with E-state index in [-0.39, 0.29) is 5.69 Å². The van der Waals surface area contributed by atoms with Crippen LogP contribution in [0.4, 0.5) is 13.2 Å². The summed E-state index contributed by atoms with van der Waals surface area (Å²) < 4.78 is 52.6. The number of H-pyrrole nitrogens is 1. The molecule has 0 atom stereocenters. The fourth-order valence-electron chi connectivity index (χ4n) is 5.00. The number of rotatable bonds is 15. The number of hydrogen-bond donors (Lipinski definition) is 1. The molecule has 9 heteroatoms. The van der Waals surface area contributed by atoms with E-state index in [1.165, 1.54) is 6.42 Å². The van der Waals surface area contributed by atoms with Gasteiger partial charge in [-0.3, -0.25) is 10.1 Å². The van der Waals surface area contributed by atoms with Crippen molar-refractivity contribution in [3.63, 3.8) is 0 Å². The maximum absolute atomic E-state index is 13.4. The van der Waals surface area contributed by atoms with Crippen LogP contribution in [0.3, 0.4) is 0 Å². The van der Waals surface area contributed by atoms with Gasteiger partial charge < -0.3 is 9.47 Å². The molecule has 4 rings (SSSR count). The molecular formula is C33H41F3N4O2. The van der Waals surface area contributed by atoms with Gasteiger partial charge in [0.05, 0.1) is 31.1 Å². The van der Waals surface area contributed by atoms with Gasteiger partial charge in [0.25, 0.3) is 0 Å². The predicted octanol–water partition coefficient (Wildman–Crippen LogP) is 9.24. The lowest BCUT2D eigenvalue weighted by Gasteiger charge is -2.18. The summed E-state index contributed by atoms with van der Waals surface area (Å²) in [7, 11) is 0. The highest BCUT2D eigenvalue weighted by Gasteiger charge is 2.33. The second kappa shape index (κ2) is 14.5. The van der Waals surface area contributed by atoms with Crippen LogP contribution < -0.4 is 9.47 Å². The molecule has 0 fully saturated rings. The van der Waals surface area contributed by atoms with Gasteiger partial charge >= 0.3 is 6.18 Å². The molecule has 1 aliphatic rings. The molecule has 1 aliphatic heterocycles. The van der Waals surface area contributed by atoms with E-state index in [0.717, 1.165) is 84.7 Å². The van der Waals surface area contributed by atoms with Crippen LogP contribution >= 0.6 is 0 Å². The molecular weight excluding hydrogens is 541 g/mol. The van der Waals surface area contributed by atoms with Crippen LogP contribution in [0.15, 0.2) is 41.4 Å². The van der Waals surface area contributed by atoms with Crippen molar-refractivity contribution in [2.75, 3.05) is 19.8 Å². The Bertz CT molecular complexity index is 1410. The number of hydrogen-bond acceptors (Lipinski definition) is 5. The van der Waals surface area contributed by atoms with Crippen LogP contribution in [0.1, 0.15) is 89.1 Å². The summed E-state index contributed by atoms with van der Waals surface area (Å²) in [6, 6.07) is 8.66. The number of nitrogens with zero attached hydrogens (tertiary/aromatic N) is 3. The Kier molecular flexibility index (Phi) is 10.8. The average Bonchev–Trinajstić information content (AvgIpc) is 3.62. The number of benzene rings is 1. The van der Waals surface area contributed by atoms with Crippen LogP contribution in [0.25, 0.3) is 28.1 Å². The van der Waals surface area contributed by atoms with Gasteiger partial charge in [-0.15, -0.1) is 0 Å². The first kappa shape index (κ1) is 31.3. The van der Waals surface area contributed by atoms with Gasteiger partial charge in [0, 0.05) is 22.9 Å². The highest BCUT2D eigenvalue weighted by atomic mass is 19.4. The van der Waals surface area contributed by atoms with E-state index in [0.29, 0.717) is 36.9 Å². The summed E-state index contributed by atoms with van der Waals surface area (Å²) in [6.45, 7) is 9.92. The van der Waals surface area contributed by atoms with E-state index in [2.05, 4.69) is 29.0 Å². The Hall–Kier alpha value is -3.62. The molecule has 1 aromatic carbocycles. The zero-order valence-corrected chi connectivity index (χ0v) is 25.0. The highest BCUT2D eigenvalue weighted by Crippen LogP contribution is 2.40. The monoisotopic (exact) mass is 582 g/mol. The summed E-state index contributed by atoms with van der Waals surface area (Å²) in [6.07, 6.45) is 6.16. The highest BCUT2D eigenvalue weighted by molar-refractivity contribution is 6.03. The van der Waals surface area contributed by atoms with Crippen molar-refractivity contribution >= 4 is 11.3 Å². The van der Waals surface area contributed by atoms with E-state index < -0.39 is 11.9 Å². The lowest BCUT2D eigenvalue weighted by atomic mass is 9.96. The summed E-state index contributed by atoms with van der Waals surface area (Å²) in [5.74, 6) is 1.43. The fourth-order valence-corrected chi connectivity index (χ4v) is 5.00. The van der Waals surface area contributed by atoms with Gasteiger partial charge in [0.1, 0.15) is 22.9 Å². The molecule has 226 valence electrons. The number of alkyl halides is 3. The number of aliphatic imine (C=N–C) groups is 1. The Balaban J connectivity index is 1.75. The second-order valence-corrected chi connectivity index (χ2v) is 10.8. The smallest absolute Gasteiger partial charge is 0.432 e. The van der Waals surface area contributed by atoms with Gasteiger partial charge in [-0.05, 0) is 68.2 Å². The van der Waals surface area contributed by atoms with E-state index >= 15 is 0 Å². The minimum absolute atomic E-state index is 0.119. The molecule has 1 N–H and O–H groups in total. The Morgan fingerprint density at radius 2 is 1.50 bits per heavy atom. The lowest BCUT2D eigenvalue weighted by Crippen LogP contribution is -2.04. The molecule has 0 radical (unpaired) electrons. The van der Waals surface area contributed by atoms with Crippen molar-refractivity contribution in [3.8, 4) is 34.0 Å². The van der Waals surface area contributed by atoms with Gasteiger partial charge in [-0.1, -0.05) is 52.4 Å². The molecule has 0 bridgehead atoms. The largest absolute Gasteiger partial charge is 0.493 e. The molecule has 3 heterocycles. The number of nitrogens with one attached hydrogen (secondary N) is 1. The summed E-state index contributed by atoms with van der Waals surface area (Å²) in [4.78, 5) is 9.19. The average molecular weight is 583 g/mol. The quantitative estimate of drug-likeness (QED) is 0.181. The fraction of sp³-hybridized carbons (Fsp3) is 0.485. The first-order valence-electron chi connectivity index (χ1n) is 15.0. The van der Waals surface area contributed by atoms with E-state index in [9.17, 15) is 13.2 Å². The van der Waals surface area contributed by atoms with Crippen LogP contribution in [0.2, 0.25) is 0 Å². The topological polar surface area (TPSA) is 72.4 Å². The number of pyridine rings is 1. The third-order valence-electron chi connectivity index (χ3n) is 7.27. The molecule has 0 saturated heterocycles. The number of aromatic nitrogens is 3. The zero-order valence-electron chi connectivity index (χ0n) is 25.0. The number of allylic oxidation sites excluding steroid dienone is 1. The predicted molar refractivity (Wildman–Crippen MR) is 162 cm³/mol. The number of unbranched alkanes of at least 4 members (excludes halogenated alkanes) is 6. The van der Waals surface area contributed by atoms with Gasteiger partial charge in [0.15, 0.2) is 0 Å². The molecule has 3 aromatic rings. The van der Waals surface area contributed by atoms with E-state index in [4.69, 9.17) is 14.5 Å². The molecule has 0 aliphatic carbocycles. The maximum Gasteiger partial charge on any atom is 0.432 e. The Morgan fingerprint density at radius 1 is 0.810 bits per heavy atom. The number of aromatic amines is 1. The Labute approximate surface area is 246 Å². The zero-order chi connectivity index (χ0) is 30.1. The number of halogens is 3. The van der Waals surface area contributed by atoms with Crippen molar-refractivity contribution in [1.29, 1.82) is 0 Å². The maximum atomic E-state index is 13.4. The van der Waals surface area contributed by atoms with Crippen LogP contribution in [0, 0.1) is 6.92 Å². The third kappa shape index (κ3) is 8.23. The van der Waals surface area contributed by atoms with Crippen LogP contribution in [0.5, 0.6) is 11.5 Å².